The Morgan fingerprint density at radius 3 is 2.38 bits per heavy atom. The molecule has 0 atom stereocenters. The Hall–Kier alpha value is -0.870. The smallest absolute Gasteiger partial charge is 0.222 e. The molecule has 1 amide bonds. The number of rotatable bonds is 13. The van der Waals surface area contributed by atoms with Gasteiger partial charge in [0.2, 0.25) is 5.91 Å². The summed E-state index contributed by atoms with van der Waals surface area (Å²) in [4.78, 5) is 13.8. The molecule has 0 aliphatic heterocycles. The minimum atomic E-state index is 0.191. The Kier molecular flexibility index (Phi) is 11.3. The van der Waals surface area contributed by atoms with Crippen molar-refractivity contribution in [2.24, 2.45) is 0 Å². The molecule has 0 aromatic carbocycles. The molecule has 0 aromatic rings. The van der Waals surface area contributed by atoms with Crippen molar-refractivity contribution < 1.29 is 14.4 Å². The first-order valence-electron chi connectivity index (χ1n) is 8.20. The van der Waals surface area contributed by atoms with E-state index in [4.69, 9.17) is 5.11 Å². The van der Waals surface area contributed by atoms with Crippen molar-refractivity contribution >= 4 is 5.91 Å². The first-order chi connectivity index (χ1) is 9.93. The van der Waals surface area contributed by atoms with E-state index in [0.717, 1.165) is 43.4 Å². The van der Waals surface area contributed by atoms with Crippen LogP contribution in [0.1, 0.15) is 44.9 Å². The summed E-state index contributed by atoms with van der Waals surface area (Å²) in [5, 5.41) is 9.00. The van der Waals surface area contributed by atoms with Crippen molar-refractivity contribution in [3.8, 4) is 0 Å². The fourth-order valence-corrected chi connectivity index (χ4v) is 2.21. The van der Waals surface area contributed by atoms with E-state index in [1.807, 2.05) is 18.0 Å². The minimum absolute atomic E-state index is 0.191. The molecule has 0 aliphatic carbocycles. The summed E-state index contributed by atoms with van der Waals surface area (Å²) >= 11 is 0. The topological polar surface area (TPSA) is 40.5 Å². The van der Waals surface area contributed by atoms with Crippen LogP contribution >= 0.6 is 0 Å². The zero-order valence-corrected chi connectivity index (χ0v) is 14.3. The summed E-state index contributed by atoms with van der Waals surface area (Å²) in [6.07, 6.45) is 9.53. The number of allylic oxidation sites excluding steroid dienone is 1. The fraction of sp³-hybridized carbons (Fsp3) is 0.824. The van der Waals surface area contributed by atoms with E-state index in [9.17, 15) is 4.79 Å². The summed E-state index contributed by atoms with van der Waals surface area (Å²) in [5.74, 6) is 0.241. The minimum Gasteiger partial charge on any atom is -0.391 e. The largest absolute Gasteiger partial charge is 0.391 e. The van der Waals surface area contributed by atoms with Gasteiger partial charge in [-0.3, -0.25) is 4.79 Å². The second kappa shape index (κ2) is 11.8. The van der Waals surface area contributed by atoms with E-state index in [0.29, 0.717) is 6.42 Å². The number of unbranched alkanes of at least 4 members (excludes halogenated alkanes) is 5. The maximum absolute atomic E-state index is 12.0. The predicted molar refractivity (Wildman–Crippen MR) is 89.1 cm³/mol. The summed E-state index contributed by atoms with van der Waals surface area (Å²) in [6, 6.07) is 0. The third-order valence-electron chi connectivity index (χ3n) is 3.97. The lowest BCUT2D eigenvalue weighted by Gasteiger charge is -2.31. The van der Waals surface area contributed by atoms with Gasteiger partial charge in [0.1, 0.15) is 6.54 Å². The number of quaternary nitrogens is 1. The molecule has 21 heavy (non-hydrogen) atoms. The third kappa shape index (κ3) is 11.5. The average Bonchev–Trinajstić information content (AvgIpc) is 2.43. The maximum Gasteiger partial charge on any atom is 0.222 e. The number of likely N-dealkylation sites (N-methyl/N-ethyl adjacent to an activating group) is 2. The van der Waals surface area contributed by atoms with E-state index in [2.05, 4.69) is 20.7 Å². The van der Waals surface area contributed by atoms with E-state index in [-0.39, 0.29) is 12.5 Å². The van der Waals surface area contributed by atoms with Crippen molar-refractivity contribution in [1.82, 2.24) is 4.90 Å². The third-order valence-corrected chi connectivity index (χ3v) is 3.97. The number of nitrogens with zero attached hydrogens (tertiary/aromatic N) is 2. The molecule has 0 radical (unpaired) electrons. The monoisotopic (exact) mass is 299 g/mol. The van der Waals surface area contributed by atoms with E-state index < -0.39 is 0 Å². The van der Waals surface area contributed by atoms with Crippen molar-refractivity contribution in [2.45, 2.75) is 44.9 Å². The number of carbonyl (C=O) groups excluding carboxylic acids is 1. The standard InChI is InChI=1S/C17H35N2O2/c1-5-6-7-8-9-10-11-12-17(21)18(2)13-14-19(3,4)15-16-20/h5,20H,1,6-16H2,2-4H3/q+1. The van der Waals surface area contributed by atoms with Crippen LogP contribution in [0.4, 0.5) is 0 Å². The molecule has 0 rings (SSSR count). The number of hydrogen-bond acceptors (Lipinski definition) is 2. The molecule has 0 spiro atoms. The normalized spacial score (nSPS) is 11.4. The van der Waals surface area contributed by atoms with Gasteiger partial charge in [-0.1, -0.05) is 25.3 Å². The Morgan fingerprint density at radius 1 is 1.14 bits per heavy atom. The van der Waals surface area contributed by atoms with Crippen LogP contribution < -0.4 is 0 Å². The first kappa shape index (κ1) is 20.1. The highest BCUT2D eigenvalue weighted by Gasteiger charge is 2.17. The Bertz CT molecular complexity index is 291. The molecule has 0 unspecified atom stereocenters. The first-order valence-corrected chi connectivity index (χ1v) is 8.20. The van der Waals surface area contributed by atoms with Crippen LogP contribution in [0.2, 0.25) is 0 Å². The summed E-state index contributed by atoms with van der Waals surface area (Å²) in [6.45, 7) is 6.27. The van der Waals surface area contributed by atoms with Gasteiger partial charge in [-0.25, -0.2) is 0 Å². The van der Waals surface area contributed by atoms with Gasteiger partial charge in [-0.05, 0) is 19.3 Å². The quantitative estimate of drug-likeness (QED) is 0.322. The highest BCUT2D eigenvalue weighted by Crippen LogP contribution is 2.08. The predicted octanol–water partition coefficient (Wildman–Crippen LogP) is 2.43. The molecule has 4 nitrogen and oxygen atoms in total. The van der Waals surface area contributed by atoms with E-state index in [1.54, 1.807) is 0 Å². The maximum atomic E-state index is 12.0. The van der Waals surface area contributed by atoms with E-state index >= 15 is 0 Å². The van der Waals surface area contributed by atoms with Crippen molar-refractivity contribution in [1.29, 1.82) is 0 Å². The molecule has 4 heteroatoms. The number of hydrogen-bond donors (Lipinski definition) is 1. The van der Waals surface area contributed by atoms with E-state index in [1.165, 1.54) is 19.3 Å². The number of aliphatic hydroxyl groups excluding tert-OH is 1. The summed E-state index contributed by atoms with van der Waals surface area (Å²) < 4.78 is 0.747. The highest BCUT2D eigenvalue weighted by molar-refractivity contribution is 5.75. The van der Waals surface area contributed by atoms with Gasteiger partial charge in [0.15, 0.2) is 0 Å². The molecule has 0 fully saturated rings. The van der Waals surface area contributed by atoms with Gasteiger partial charge in [0.05, 0.1) is 33.8 Å². The molecular formula is C17H35N2O2+. The lowest BCUT2D eigenvalue weighted by atomic mass is 10.1. The van der Waals surface area contributed by atoms with Crippen LogP contribution in [-0.2, 0) is 4.79 Å². The molecule has 0 aliphatic rings. The van der Waals surface area contributed by atoms with Gasteiger partial charge in [0.25, 0.3) is 0 Å². The second-order valence-electron chi connectivity index (χ2n) is 6.52. The van der Waals surface area contributed by atoms with Crippen molar-refractivity contribution in [2.75, 3.05) is 47.4 Å². The molecule has 1 N–H and O–H groups in total. The molecule has 0 heterocycles. The van der Waals surface area contributed by atoms with Gasteiger partial charge in [-0.2, -0.15) is 0 Å². The summed E-state index contributed by atoms with van der Waals surface area (Å²) in [5.41, 5.74) is 0. The van der Waals surface area contributed by atoms with Gasteiger partial charge in [-0.15, -0.1) is 6.58 Å². The number of carbonyl (C=O) groups is 1. The zero-order valence-electron chi connectivity index (χ0n) is 14.3. The molecule has 124 valence electrons. The second-order valence-corrected chi connectivity index (χ2v) is 6.52. The van der Waals surface area contributed by atoms with Crippen LogP contribution in [0.3, 0.4) is 0 Å². The van der Waals surface area contributed by atoms with Crippen LogP contribution in [0.25, 0.3) is 0 Å². The highest BCUT2D eigenvalue weighted by atomic mass is 16.3. The van der Waals surface area contributed by atoms with Crippen molar-refractivity contribution in [3.63, 3.8) is 0 Å². The van der Waals surface area contributed by atoms with Crippen LogP contribution in [0.5, 0.6) is 0 Å². The number of amides is 1. The molecule has 0 bridgehead atoms. The Balaban J connectivity index is 3.68. The van der Waals surface area contributed by atoms with Crippen LogP contribution in [-0.4, -0.2) is 67.8 Å². The fourth-order valence-electron chi connectivity index (χ4n) is 2.21. The van der Waals surface area contributed by atoms with Crippen LogP contribution in [0.15, 0.2) is 12.7 Å². The molecule has 0 saturated carbocycles. The van der Waals surface area contributed by atoms with Crippen LogP contribution in [0, 0.1) is 0 Å². The average molecular weight is 299 g/mol. The SMILES string of the molecule is C=CCCCCCCCC(=O)N(C)CC[N+](C)(C)CCO. The molecule has 0 aromatic heterocycles. The Morgan fingerprint density at radius 2 is 1.76 bits per heavy atom. The Labute approximate surface area is 131 Å². The lowest BCUT2D eigenvalue weighted by molar-refractivity contribution is -0.890. The van der Waals surface area contributed by atoms with Gasteiger partial charge >= 0.3 is 0 Å². The van der Waals surface area contributed by atoms with Crippen molar-refractivity contribution in [3.05, 3.63) is 12.7 Å². The lowest BCUT2D eigenvalue weighted by Crippen LogP contribution is -2.47. The molecule has 0 saturated heterocycles. The molecular weight excluding hydrogens is 264 g/mol. The summed E-state index contributed by atoms with van der Waals surface area (Å²) in [7, 11) is 6.04. The van der Waals surface area contributed by atoms with Gasteiger partial charge in [0, 0.05) is 13.5 Å². The number of aliphatic hydroxyl groups is 1. The zero-order chi connectivity index (χ0) is 16.1. The van der Waals surface area contributed by atoms with Gasteiger partial charge < -0.3 is 14.5 Å².